The van der Waals surface area contributed by atoms with Crippen molar-refractivity contribution in [3.05, 3.63) is 41.7 Å². The fourth-order valence-corrected chi connectivity index (χ4v) is 3.44. The van der Waals surface area contributed by atoms with Crippen molar-refractivity contribution >= 4 is 21.8 Å². The van der Waals surface area contributed by atoms with Crippen molar-refractivity contribution in [2.24, 2.45) is 0 Å². The number of methoxy groups -OCH3 is 1. The number of imidazole rings is 1. The molecule has 1 N–H and O–H groups in total. The lowest BCUT2D eigenvalue weighted by Gasteiger charge is -2.09. The van der Waals surface area contributed by atoms with Gasteiger partial charge in [-0.3, -0.25) is 9.19 Å². The number of hydrogen-bond acceptors (Lipinski definition) is 5. The van der Waals surface area contributed by atoms with E-state index < -0.39 is 17.4 Å². The summed E-state index contributed by atoms with van der Waals surface area (Å²) in [5.41, 5.74) is 2.42. The van der Waals surface area contributed by atoms with Crippen LogP contribution in [0, 0.1) is 6.92 Å². The molecule has 6 nitrogen and oxygen atoms in total. The van der Waals surface area contributed by atoms with Gasteiger partial charge in [0.2, 0.25) is 0 Å². The summed E-state index contributed by atoms with van der Waals surface area (Å²) in [7, 11) is 0.0272. The number of H-pyrrole nitrogens is 1. The largest absolute Gasteiger partial charge is 0.495 e. The van der Waals surface area contributed by atoms with E-state index in [1.165, 1.54) is 25.3 Å². The van der Waals surface area contributed by atoms with E-state index in [4.69, 9.17) is 4.74 Å². The standard InChI is InChI=1S/C16H15F2N3O3S.CH4/c1-9-5-6-19-13(14(9)23-2)8-25(22)16-20-11-4-3-10(24-15(17)18)7-12(11)21-16;/h3-7,15H,8H2,1-2H3,(H,20,21);1H4. The second-order valence-electron chi connectivity index (χ2n) is 5.20. The lowest BCUT2D eigenvalue weighted by atomic mass is 10.2. The summed E-state index contributed by atoms with van der Waals surface area (Å²) in [5, 5.41) is 0.231. The quantitative estimate of drug-likeness (QED) is 0.700. The van der Waals surface area contributed by atoms with Crippen LogP contribution < -0.4 is 9.47 Å². The molecule has 3 rings (SSSR count). The highest BCUT2D eigenvalue weighted by molar-refractivity contribution is 7.84. The van der Waals surface area contributed by atoms with Gasteiger partial charge in [-0.2, -0.15) is 8.78 Å². The summed E-state index contributed by atoms with van der Waals surface area (Å²) in [4.78, 5) is 11.3. The number of nitrogens with one attached hydrogen (secondary N) is 1. The molecule has 0 saturated carbocycles. The Kier molecular flexibility index (Phi) is 6.25. The minimum Gasteiger partial charge on any atom is -0.495 e. The Labute approximate surface area is 152 Å². The minimum atomic E-state index is -2.91. The Morgan fingerprint density at radius 2 is 2.08 bits per heavy atom. The molecule has 0 bridgehead atoms. The Morgan fingerprint density at radius 1 is 1.31 bits per heavy atom. The smallest absolute Gasteiger partial charge is 0.387 e. The van der Waals surface area contributed by atoms with Crippen LogP contribution in [0.4, 0.5) is 8.78 Å². The highest BCUT2D eigenvalue weighted by Gasteiger charge is 2.16. The van der Waals surface area contributed by atoms with Crippen molar-refractivity contribution in [2.45, 2.75) is 31.9 Å². The maximum Gasteiger partial charge on any atom is 0.387 e. The fraction of sp³-hybridized carbons (Fsp3) is 0.294. The molecule has 0 fully saturated rings. The summed E-state index contributed by atoms with van der Waals surface area (Å²) >= 11 is 0. The third kappa shape index (κ3) is 4.16. The number of ether oxygens (including phenoxy) is 2. The molecule has 140 valence electrons. The molecule has 3 aromatic rings. The number of alkyl halides is 2. The average molecular weight is 383 g/mol. The number of aryl methyl sites for hydroxylation is 1. The van der Waals surface area contributed by atoms with E-state index in [0.29, 0.717) is 22.5 Å². The van der Waals surface area contributed by atoms with Crippen LogP contribution in [0.2, 0.25) is 0 Å². The number of aromatic nitrogens is 3. The average Bonchev–Trinajstić information content (AvgIpc) is 2.98. The van der Waals surface area contributed by atoms with E-state index in [9.17, 15) is 13.0 Å². The van der Waals surface area contributed by atoms with Gasteiger partial charge in [-0.05, 0) is 30.7 Å². The van der Waals surface area contributed by atoms with Crippen molar-refractivity contribution in [1.82, 2.24) is 15.0 Å². The summed E-state index contributed by atoms with van der Waals surface area (Å²) in [6.07, 6.45) is 1.62. The lowest BCUT2D eigenvalue weighted by Crippen LogP contribution is -2.04. The van der Waals surface area contributed by atoms with Gasteiger partial charge in [-0.15, -0.1) is 0 Å². The molecule has 0 spiro atoms. The maximum absolute atomic E-state index is 12.6. The number of fused-ring (bicyclic) bond motifs is 1. The third-order valence-electron chi connectivity index (χ3n) is 3.52. The van der Waals surface area contributed by atoms with Crippen LogP contribution in [0.1, 0.15) is 18.7 Å². The fourth-order valence-electron chi connectivity index (χ4n) is 2.42. The number of halogens is 2. The summed E-state index contributed by atoms with van der Waals surface area (Å²) in [6.45, 7) is -1.03. The molecule has 0 radical (unpaired) electrons. The Hall–Kier alpha value is -2.55. The number of hydrogen-bond donors (Lipinski definition) is 1. The lowest BCUT2D eigenvalue weighted by molar-refractivity contribution is -0.0497. The zero-order valence-corrected chi connectivity index (χ0v) is 14.3. The van der Waals surface area contributed by atoms with E-state index in [1.54, 1.807) is 12.3 Å². The highest BCUT2D eigenvalue weighted by Crippen LogP contribution is 2.25. The van der Waals surface area contributed by atoms with E-state index in [0.717, 1.165) is 5.56 Å². The van der Waals surface area contributed by atoms with Crippen LogP contribution >= 0.6 is 0 Å². The van der Waals surface area contributed by atoms with Gasteiger partial charge in [0.15, 0.2) is 5.16 Å². The van der Waals surface area contributed by atoms with Crippen LogP contribution in [0.25, 0.3) is 11.0 Å². The molecular weight excluding hydrogens is 364 g/mol. The SMILES string of the molecule is C.COc1c(C)ccnc1CS(=O)c1nc2ccc(OC(F)F)cc2[nH]1. The monoisotopic (exact) mass is 383 g/mol. The Morgan fingerprint density at radius 3 is 2.77 bits per heavy atom. The highest BCUT2D eigenvalue weighted by atomic mass is 32.2. The first-order valence-corrected chi connectivity index (χ1v) is 8.61. The molecular formula is C17H19F2N3O3S. The number of benzene rings is 1. The van der Waals surface area contributed by atoms with Gasteiger partial charge >= 0.3 is 6.61 Å². The predicted octanol–water partition coefficient (Wildman–Crippen LogP) is 3.82. The van der Waals surface area contributed by atoms with Crippen LogP contribution in [0.3, 0.4) is 0 Å². The minimum absolute atomic E-state index is 0. The predicted molar refractivity (Wildman–Crippen MR) is 95.1 cm³/mol. The second kappa shape index (κ2) is 8.22. The summed E-state index contributed by atoms with van der Waals surface area (Å²) in [5.74, 6) is 0.704. The Bertz CT molecular complexity index is 931. The van der Waals surface area contributed by atoms with Crippen molar-refractivity contribution < 1.29 is 22.5 Å². The van der Waals surface area contributed by atoms with Gasteiger partial charge in [0, 0.05) is 12.3 Å². The summed E-state index contributed by atoms with van der Waals surface area (Å²) < 4.78 is 46.8. The van der Waals surface area contributed by atoms with Crippen molar-refractivity contribution in [3.63, 3.8) is 0 Å². The number of aromatic amines is 1. The van der Waals surface area contributed by atoms with Gasteiger partial charge < -0.3 is 14.5 Å². The van der Waals surface area contributed by atoms with E-state index in [1.807, 2.05) is 6.92 Å². The number of pyridine rings is 1. The molecule has 0 aliphatic carbocycles. The van der Waals surface area contributed by atoms with Crippen LogP contribution in [0.5, 0.6) is 11.5 Å². The van der Waals surface area contributed by atoms with Gasteiger partial charge in [0.1, 0.15) is 11.5 Å². The van der Waals surface area contributed by atoms with Crippen LogP contribution in [-0.4, -0.2) is 32.9 Å². The zero-order valence-electron chi connectivity index (χ0n) is 13.5. The van der Waals surface area contributed by atoms with E-state index >= 15 is 0 Å². The van der Waals surface area contributed by atoms with Crippen molar-refractivity contribution in [1.29, 1.82) is 0 Å². The Balaban J connectivity index is 0.00000243. The molecule has 1 unspecified atom stereocenters. The third-order valence-corrected chi connectivity index (χ3v) is 4.68. The summed E-state index contributed by atoms with van der Waals surface area (Å²) in [6, 6.07) is 6.10. The molecule has 2 heterocycles. The normalized spacial score (nSPS) is 12.0. The van der Waals surface area contributed by atoms with Gasteiger partial charge in [0.25, 0.3) is 0 Å². The number of rotatable bonds is 6. The zero-order chi connectivity index (χ0) is 18.0. The van der Waals surface area contributed by atoms with Gasteiger partial charge in [0.05, 0.1) is 40.4 Å². The first kappa shape index (κ1) is 19.8. The molecule has 0 aliphatic rings. The molecule has 9 heteroatoms. The second-order valence-corrected chi connectivity index (χ2v) is 6.56. The van der Waals surface area contributed by atoms with E-state index in [2.05, 4.69) is 19.7 Å². The topological polar surface area (TPSA) is 77.1 Å². The number of nitrogens with zero attached hydrogens (tertiary/aromatic N) is 2. The van der Waals surface area contributed by atoms with E-state index in [-0.39, 0.29) is 24.1 Å². The van der Waals surface area contributed by atoms with Gasteiger partial charge in [-0.1, -0.05) is 7.43 Å². The van der Waals surface area contributed by atoms with Crippen molar-refractivity contribution in [3.8, 4) is 11.5 Å². The molecule has 2 aromatic heterocycles. The molecule has 0 saturated heterocycles. The first-order chi connectivity index (χ1) is 12.0. The molecule has 0 aliphatic heterocycles. The molecule has 1 atom stereocenters. The van der Waals surface area contributed by atoms with Gasteiger partial charge in [-0.25, -0.2) is 4.98 Å². The molecule has 26 heavy (non-hydrogen) atoms. The molecule has 0 amide bonds. The first-order valence-electron chi connectivity index (χ1n) is 7.29. The van der Waals surface area contributed by atoms with Crippen molar-refractivity contribution in [2.75, 3.05) is 7.11 Å². The molecule has 1 aromatic carbocycles. The maximum atomic E-state index is 12.6. The van der Waals surface area contributed by atoms with Crippen LogP contribution in [-0.2, 0) is 16.6 Å². The van der Waals surface area contributed by atoms with Crippen LogP contribution in [0.15, 0.2) is 35.6 Å².